The maximum absolute atomic E-state index is 13.3. The molecule has 0 spiro atoms. The zero-order chi connectivity index (χ0) is 22.2. The fraction of sp³-hybridized carbons (Fsp3) is 0.400. The number of imide groups is 1. The molecule has 0 radical (unpaired) electrons. The highest BCUT2D eigenvalue weighted by Crippen LogP contribution is 2.35. The van der Waals surface area contributed by atoms with Crippen molar-refractivity contribution in [3.8, 4) is 11.5 Å². The molecule has 0 fully saturated rings. The third-order valence-electron chi connectivity index (χ3n) is 4.23. The Morgan fingerprint density at radius 2 is 1.79 bits per heavy atom. The van der Waals surface area contributed by atoms with Crippen LogP contribution in [0, 0.1) is 0 Å². The number of amides is 2. The van der Waals surface area contributed by atoms with Gasteiger partial charge in [0.2, 0.25) is 11.8 Å². The highest BCUT2D eigenvalue weighted by atomic mass is 32.2. The first-order chi connectivity index (χ1) is 13.7. The van der Waals surface area contributed by atoms with Crippen molar-refractivity contribution in [3.05, 3.63) is 41.8 Å². The van der Waals surface area contributed by atoms with Gasteiger partial charge >= 0.3 is 0 Å². The van der Waals surface area contributed by atoms with Crippen LogP contribution in [-0.4, -0.2) is 52.4 Å². The predicted molar refractivity (Wildman–Crippen MR) is 112 cm³/mol. The van der Waals surface area contributed by atoms with Crippen LogP contribution in [0.15, 0.2) is 41.8 Å². The number of hydrogen-bond acceptors (Lipinski definition) is 6. The van der Waals surface area contributed by atoms with E-state index in [0.717, 1.165) is 9.21 Å². The van der Waals surface area contributed by atoms with Crippen molar-refractivity contribution in [1.29, 1.82) is 0 Å². The lowest BCUT2D eigenvalue weighted by molar-refractivity contribution is -0.143. The Kier molecular flexibility index (Phi) is 8.90. The van der Waals surface area contributed by atoms with Gasteiger partial charge in [0.05, 0.1) is 24.8 Å². The summed E-state index contributed by atoms with van der Waals surface area (Å²) in [6, 6.07) is 4.61. The number of allylic oxidation sites excluding steroid dienone is 2. The van der Waals surface area contributed by atoms with Crippen LogP contribution >= 0.6 is 0 Å². The number of ether oxygens (including phenoxy) is 2. The van der Waals surface area contributed by atoms with E-state index >= 15 is 0 Å². The zero-order valence-corrected chi connectivity index (χ0v) is 18.3. The molecule has 0 aliphatic carbocycles. The molecular weight excluding hydrogens is 396 g/mol. The van der Waals surface area contributed by atoms with Gasteiger partial charge in [0.1, 0.15) is 18.0 Å². The summed E-state index contributed by atoms with van der Waals surface area (Å²) in [4.78, 5) is 25.9. The quantitative estimate of drug-likeness (QED) is 0.536. The van der Waals surface area contributed by atoms with Gasteiger partial charge in [-0.3, -0.25) is 18.8 Å². The van der Waals surface area contributed by atoms with Crippen LogP contribution in [0.1, 0.15) is 27.2 Å². The van der Waals surface area contributed by atoms with Crippen molar-refractivity contribution in [2.75, 3.05) is 31.6 Å². The number of hydrogen-bond donors (Lipinski definition) is 0. The fourth-order valence-corrected chi connectivity index (χ4v) is 4.13. The second-order valence-electron chi connectivity index (χ2n) is 5.83. The molecule has 0 aliphatic heterocycles. The molecule has 1 rings (SSSR count). The Hall–Kier alpha value is -2.81. The Bertz CT molecular complexity index is 892. The van der Waals surface area contributed by atoms with E-state index in [9.17, 15) is 18.0 Å². The molecule has 1 aromatic carbocycles. The van der Waals surface area contributed by atoms with Crippen LogP contribution < -0.4 is 13.8 Å². The second-order valence-corrected chi connectivity index (χ2v) is 7.69. The first-order valence-corrected chi connectivity index (χ1v) is 10.5. The van der Waals surface area contributed by atoms with Crippen LogP contribution in [0.5, 0.6) is 11.5 Å². The smallest absolute Gasteiger partial charge is 0.264 e. The maximum atomic E-state index is 13.3. The number of anilines is 1. The van der Waals surface area contributed by atoms with E-state index < -0.39 is 22.5 Å². The number of likely N-dealkylation sites (N-methyl/N-ethyl adjacent to an activating group) is 1. The van der Waals surface area contributed by atoms with Crippen LogP contribution in [0.25, 0.3) is 0 Å². The van der Waals surface area contributed by atoms with Crippen LogP contribution in [0.2, 0.25) is 0 Å². The predicted octanol–water partition coefficient (Wildman–Crippen LogP) is 2.71. The fourth-order valence-electron chi connectivity index (χ4n) is 2.68. The maximum Gasteiger partial charge on any atom is 0.264 e. The van der Waals surface area contributed by atoms with Crippen molar-refractivity contribution >= 4 is 27.5 Å². The Labute approximate surface area is 172 Å². The highest BCUT2D eigenvalue weighted by molar-refractivity contribution is 7.96. The SMILES string of the molecule is C=C/C(=C\C)S(=O)(=O)N(CC(=O)N(CC)C(=O)CC)c1cc(OC)ccc1OC. The molecule has 8 nitrogen and oxygen atoms in total. The lowest BCUT2D eigenvalue weighted by Gasteiger charge is -2.28. The molecule has 160 valence electrons. The van der Waals surface area contributed by atoms with Gasteiger partial charge in [-0.15, -0.1) is 0 Å². The van der Waals surface area contributed by atoms with Gasteiger partial charge in [-0.1, -0.05) is 19.6 Å². The van der Waals surface area contributed by atoms with E-state index in [4.69, 9.17) is 9.47 Å². The highest BCUT2D eigenvalue weighted by Gasteiger charge is 2.32. The average Bonchev–Trinajstić information content (AvgIpc) is 2.72. The molecule has 29 heavy (non-hydrogen) atoms. The molecule has 0 heterocycles. The normalized spacial score (nSPS) is 11.6. The molecule has 0 aliphatic rings. The van der Waals surface area contributed by atoms with Crippen molar-refractivity contribution in [1.82, 2.24) is 4.90 Å². The van der Waals surface area contributed by atoms with Gasteiger partial charge in [0, 0.05) is 19.0 Å². The minimum absolute atomic E-state index is 0.0833. The second kappa shape index (κ2) is 10.7. The first kappa shape index (κ1) is 24.2. The largest absolute Gasteiger partial charge is 0.497 e. The molecule has 0 unspecified atom stereocenters. The molecular formula is C20H28N2O6S. The molecule has 0 atom stereocenters. The van der Waals surface area contributed by atoms with Crippen LogP contribution in [-0.2, 0) is 19.6 Å². The summed E-state index contributed by atoms with van der Waals surface area (Å²) in [6.45, 7) is 7.92. The zero-order valence-electron chi connectivity index (χ0n) is 17.5. The Morgan fingerprint density at radius 1 is 1.14 bits per heavy atom. The van der Waals surface area contributed by atoms with E-state index in [2.05, 4.69) is 6.58 Å². The number of benzene rings is 1. The molecule has 1 aromatic rings. The van der Waals surface area contributed by atoms with Gasteiger partial charge in [-0.25, -0.2) is 8.42 Å². The van der Waals surface area contributed by atoms with Crippen LogP contribution in [0.3, 0.4) is 0 Å². The van der Waals surface area contributed by atoms with E-state index in [0.29, 0.717) is 5.75 Å². The van der Waals surface area contributed by atoms with Crippen molar-refractivity contribution < 1.29 is 27.5 Å². The summed E-state index contributed by atoms with van der Waals surface area (Å²) in [6.07, 6.45) is 2.69. The molecule has 0 bridgehead atoms. The number of carbonyl (C=O) groups is 2. The third kappa shape index (κ3) is 5.38. The molecule has 2 amide bonds. The Morgan fingerprint density at radius 3 is 2.24 bits per heavy atom. The van der Waals surface area contributed by atoms with Crippen molar-refractivity contribution in [2.24, 2.45) is 0 Å². The lowest BCUT2D eigenvalue weighted by atomic mass is 10.2. The van der Waals surface area contributed by atoms with Crippen molar-refractivity contribution in [3.63, 3.8) is 0 Å². The van der Waals surface area contributed by atoms with E-state index in [-0.39, 0.29) is 35.2 Å². The number of sulfonamides is 1. The van der Waals surface area contributed by atoms with E-state index in [1.54, 1.807) is 32.9 Å². The van der Waals surface area contributed by atoms with E-state index in [1.807, 2.05) is 0 Å². The summed E-state index contributed by atoms with van der Waals surface area (Å²) in [5.41, 5.74) is 0.112. The summed E-state index contributed by atoms with van der Waals surface area (Å²) < 4.78 is 38.0. The minimum Gasteiger partial charge on any atom is -0.497 e. The third-order valence-corrected chi connectivity index (χ3v) is 6.13. The average molecular weight is 425 g/mol. The summed E-state index contributed by atoms with van der Waals surface area (Å²) in [7, 11) is -1.33. The van der Waals surface area contributed by atoms with Gasteiger partial charge < -0.3 is 9.47 Å². The molecule has 0 N–H and O–H groups in total. The Balaban J connectivity index is 3.63. The first-order valence-electron chi connectivity index (χ1n) is 9.08. The number of carbonyl (C=O) groups excluding carboxylic acids is 2. The van der Waals surface area contributed by atoms with Crippen LogP contribution in [0.4, 0.5) is 5.69 Å². The molecule has 0 aromatic heterocycles. The van der Waals surface area contributed by atoms with Gasteiger partial charge in [-0.05, 0) is 32.1 Å². The number of methoxy groups -OCH3 is 2. The van der Waals surface area contributed by atoms with Gasteiger partial charge in [0.25, 0.3) is 10.0 Å². The summed E-state index contributed by atoms with van der Waals surface area (Å²) in [5.74, 6) is -0.424. The topological polar surface area (TPSA) is 93.2 Å². The summed E-state index contributed by atoms with van der Waals surface area (Å²) in [5, 5.41) is 0. The minimum atomic E-state index is -4.16. The van der Waals surface area contributed by atoms with Crippen molar-refractivity contribution in [2.45, 2.75) is 27.2 Å². The monoisotopic (exact) mass is 424 g/mol. The molecule has 0 saturated carbocycles. The standard InChI is InChI=1S/C20H28N2O6S/c1-7-16(8-2)29(25,26)22(14-20(24)21(10-4)19(23)9-3)17-13-15(27-5)11-12-18(17)28-6/h7-8,11-13H,1,9-10,14H2,2-6H3/b16-8+. The number of rotatable bonds is 10. The van der Waals surface area contributed by atoms with E-state index in [1.165, 1.54) is 32.4 Å². The number of nitrogens with zero attached hydrogens (tertiary/aromatic N) is 2. The van der Waals surface area contributed by atoms with Gasteiger partial charge in [0.15, 0.2) is 0 Å². The molecule has 9 heteroatoms. The molecule has 0 saturated heterocycles. The lowest BCUT2D eigenvalue weighted by Crippen LogP contribution is -2.45. The van der Waals surface area contributed by atoms with Gasteiger partial charge in [-0.2, -0.15) is 0 Å². The summed E-state index contributed by atoms with van der Waals surface area (Å²) >= 11 is 0.